The number of carbonyl (C=O) groups excluding carboxylic acids is 1. The van der Waals surface area contributed by atoms with E-state index < -0.39 is 0 Å². The molecule has 1 N–H and O–H groups in total. The van der Waals surface area contributed by atoms with Gasteiger partial charge in [-0.15, -0.1) is 11.3 Å². The van der Waals surface area contributed by atoms with Crippen molar-refractivity contribution in [1.82, 2.24) is 4.90 Å². The number of nitrogens with one attached hydrogen (secondary N) is 1. The average Bonchev–Trinajstić information content (AvgIpc) is 3.09. The summed E-state index contributed by atoms with van der Waals surface area (Å²) in [5.41, 5.74) is 0.752. The van der Waals surface area contributed by atoms with Crippen LogP contribution in [-0.2, 0) is 11.3 Å². The number of carbonyl (C=O) groups is 1. The molecule has 4 nitrogen and oxygen atoms in total. The number of amides is 2. The first kappa shape index (κ1) is 16.3. The second-order valence-electron chi connectivity index (χ2n) is 5.49. The van der Waals surface area contributed by atoms with Gasteiger partial charge in [0, 0.05) is 34.8 Å². The van der Waals surface area contributed by atoms with Crippen LogP contribution in [0.15, 0.2) is 41.8 Å². The predicted octanol–water partition coefficient (Wildman–Crippen LogP) is 4.61. The van der Waals surface area contributed by atoms with E-state index in [1.807, 2.05) is 28.5 Å². The molecule has 6 heteroatoms. The molecule has 1 aliphatic rings. The Morgan fingerprint density at radius 3 is 2.65 bits per heavy atom. The highest BCUT2D eigenvalue weighted by Crippen LogP contribution is 2.22. The first-order valence-corrected chi connectivity index (χ1v) is 8.91. The van der Waals surface area contributed by atoms with Crippen molar-refractivity contribution in [3.63, 3.8) is 0 Å². The molecule has 1 saturated heterocycles. The van der Waals surface area contributed by atoms with E-state index in [4.69, 9.17) is 16.3 Å². The van der Waals surface area contributed by atoms with Crippen molar-refractivity contribution in [3.05, 3.63) is 51.7 Å². The van der Waals surface area contributed by atoms with Crippen molar-refractivity contribution in [2.24, 2.45) is 0 Å². The maximum Gasteiger partial charge on any atom is 0.322 e. The van der Waals surface area contributed by atoms with E-state index in [0.717, 1.165) is 18.5 Å². The summed E-state index contributed by atoms with van der Waals surface area (Å²) in [6, 6.07) is 11.4. The van der Waals surface area contributed by atoms with Gasteiger partial charge in [-0.25, -0.2) is 4.79 Å². The van der Waals surface area contributed by atoms with Gasteiger partial charge in [-0.2, -0.15) is 0 Å². The summed E-state index contributed by atoms with van der Waals surface area (Å²) in [7, 11) is 0. The van der Waals surface area contributed by atoms with Crippen molar-refractivity contribution >= 4 is 34.7 Å². The van der Waals surface area contributed by atoms with E-state index in [2.05, 4.69) is 11.4 Å². The smallest absolute Gasteiger partial charge is 0.322 e. The molecule has 0 saturated carbocycles. The number of halogens is 1. The Balaban J connectivity index is 1.72. The number of anilines is 1. The molecule has 2 amide bonds. The van der Waals surface area contributed by atoms with Gasteiger partial charge in [0.05, 0.1) is 6.54 Å². The van der Waals surface area contributed by atoms with Crippen molar-refractivity contribution in [2.75, 3.05) is 18.5 Å². The Morgan fingerprint density at radius 2 is 2.00 bits per heavy atom. The highest BCUT2D eigenvalue weighted by molar-refractivity contribution is 7.09. The van der Waals surface area contributed by atoms with Crippen LogP contribution in [0.25, 0.3) is 0 Å². The summed E-state index contributed by atoms with van der Waals surface area (Å²) in [6.07, 6.45) is 1.75. The average molecular weight is 351 g/mol. The summed E-state index contributed by atoms with van der Waals surface area (Å²) < 4.78 is 5.43. The number of thiophene rings is 1. The zero-order valence-corrected chi connectivity index (χ0v) is 14.3. The molecule has 0 radical (unpaired) electrons. The van der Waals surface area contributed by atoms with Gasteiger partial charge >= 0.3 is 6.03 Å². The fraction of sp³-hybridized carbons (Fsp3) is 0.353. The summed E-state index contributed by atoms with van der Waals surface area (Å²) in [4.78, 5) is 15.9. The molecule has 3 rings (SSSR count). The molecule has 1 aromatic carbocycles. The minimum absolute atomic E-state index is 0.0763. The molecule has 0 spiro atoms. The first-order valence-electron chi connectivity index (χ1n) is 7.66. The second kappa shape index (κ2) is 7.81. The Labute approximate surface area is 145 Å². The lowest BCUT2D eigenvalue weighted by Gasteiger charge is -2.34. The van der Waals surface area contributed by atoms with E-state index in [-0.39, 0.29) is 12.1 Å². The van der Waals surface area contributed by atoms with Crippen molar-refractivity contribution in [3.8, 4) is 0 Å². The van der Waals surface area contributed by atoms with E-state index in [1.165, 1.54) is 4.88 Å². The molecule has 1 fully saturated rings. The van der Waals surface area contributed by atoms with Crippen LogP contribution >= 0.6 is 22.9 Å². The largest absolute Gasteiger partial charge is 0.381 e. The third-order valence-corrected chi connectivity index (χ3v) is 5.01. The predicted molar refractivity (Wildman–Crippen MR) is 94.2 cm³/mol. The van der Waals surface area contributed by atoms with E-state index in [0.29, 0.717) is 24.8 Å². The fourth-order valence-corrected chi connectivity index (χ4v) is 3.49. The first-order chi connectivity index (χ1) is 11.2. The number of hydrogen-bond donors (Lipinski definition) is 1. The van der Waals surface area contributed by atoms with Gasteiger partial charge in [0.25, 0.3) is 0 Å². The monoisotopic (exact) mass is 350 g/mol. The van der Waals surface area contributed by atoms with E-state index >= 15 is 0 Å². The summed E-state index contributed by atoms with van der Waals surface area (Å²) in [5, 5.41) is 5.66. The molecule has 2 heterocycles. The number of rotatable bonds is 4. The molecular weight excluding hydrogens is 332 g/mol. The van der Waals surface area contributed by atoms with E-state index in [1.54, 1.807) is 23.5 Å². The topological polar surface area (TPSA) is 41.6 Å². The zero-order valence-electron chi connectivity index (χ0n) is 12.7. The van der Waals surface area contributed by atoms with Crippen LogP contribution < -0.4 is 5.32 Å². The quantitative estimate of drug-likeness (QED) is 0.874. The lowest BCUT2D eigenvalue weighted by atomic mass is 10.1. The van der Waals surface area contributed by atoms with Crippen LogP contribution in [-0.4, -0.2) is 30.2 Å². The Kier molecular flexibility index (Phi) is 5.54. The van der Waals surface area contributed by atoms with Gasteiger partial charge < -0.3 is 15.0 Å². The number of urea groups is 1. The third-order valence-electron chi connectivity index (χ3n) is 3.89. The molecule has 0 aliphatic carbocycles. The molecule has 0 unspecified atom stereocenters. The number of hydrogen-bond acceptors (Lipinski definition) is 3. The normalized spacial score (nSPS) is 15.3. The minimum atomic E-state index is -0.0763. The van der Waals surface area contributed by atoms with Crippen LogP contribution in [0.1, 0.15) is 17.7 Å². The molecule has 0 bridgehead atoms. The molecule has 0 atom stereocenters. The third kappa shape index (κ3) is 4.47. The maximum absolute atomic E-state index is 12.8. The molecule has 122 valence electrons. The molecular formula is C17H19ClN2O2S. The van der Waals surface area contributed by atoms with Crippen LogP contribution in [0, 0.1) is 0 Å². The Morgan fingerprint density at radius 1 is 1.26 bits per heavy atom. The number of ether oxygens (including phenoxy) is 1. The summed E-state index contributed by atoms with van der Waals surface area (Å²) in [5.74, 6) is 0. The lowest BCUT2D eigenvalue weighted by molar-refractivity contribution is 0.0462. The lowest BCUT2D eigenvalue weighted by Crippen LogP contribution is -2.44. The summed E-state index contributed by atoms with van der Waals surface area (Å²) >= 11 is 7.56. The van der Waals surface area contributed by atoms with Gasteiger partial charge in [0.1, 0.15) is 0 Å². The van der Waals surface area contributed by atoms with Gasteiger partial charge in [0.15, 0.2) is 0 Å². The van der Waals surface area contributed by atoms with Crippen molar-refractivity contribution < 1.29 is 9.53 Å². The fourth-order valence-electron chi connectivity index (χ4n) is 2.66. The van der Waals surface area contributed by atoms with Crippen LogP contribution in [0.2, 0.25) is 5.02 Å². The molecule has 2 aromatic rings. The van der Waals surface area contributed by atoms with Crippen molar-refractivity contribution in [2.45, 2.75) is 25.4 Å². The highest BCUT2D eigenvalue weighted by Gasteiger charge is 2.26. The van der Waals surface area contributed by atoms with Crippen LogP contribution in [0.4, 0.5) is 10.5 Å². The number of benzene rings is 1. The van der Waals surface area contributed by atoms with Crippen LogP contribution in [0.5, 0.6) is 0 Å². The summed E-state index contributed by atoms with van der Waals surface area (Å²) in [6.45, 7) is 2.04. The standard InChI is InChI=1S/C17H19ClN2O2S/c18-13-3-5-14(6-4-13)19-17(21)20(12-16-2-1-11-23-16)15-7-9-22-10-8-15/h1-6,11,15H,7-10,12H2,(H,19,21). The number of nitrogens with zero attached hydrogens (tertiary/aromatic N) is 1. The molecule has 1 aliphatic heterocycles. The minimum Gasteiger partial charge on any atom is -0.381 e. The van der Waals surface area contributed by atoms with Gasteiger partial charge in [0.2, 0.25) is 0 Å². The van der Waals surface area contributed by atoms with Crippen molar-refractivity contribution in [1.29, 1.82) is 0 Å². The molecule has 1 aromatic heterocycles. The van der Waals surface area contributed by atoms with Crippen LogP contribution in [0.3, 0.4) is 0 Å². The second-order valence-corrected chi connectivity index (χ2v) is 6.96. The van der Waals surface area contributed by atoms with Gasteiger partial charge in [-0.05, 0) is 48.6 Å². The Hall–Kier alpha value is -1.56. The van der Waals surface area contributed by atoms with E-state index in [9.17, 15) is 4.79 Å². The van der Waals surface area contributed by atoms with Gasteiger partial charge in [-0.1, -0.05) is 17.7 Å². The van der Waals surface area contributed by atoms with Gasteiger partial charge in [-0.3, -0.25) is 0 Å². The zero-order chi connectivity index (χ0) is 16.1. The SMILES string of the molecule is O=C(Nc1ccc(Cl)cc1)N(Cc1cccs1)C1CCOCC1. The molecule has 23 heavy (non-hydrogen) atoms. The Bertz CT molecular complexity index is 625. The highest BCUT2D eigenvalue weighted by atomic mass is 35.5. The maximum atomic E-state index is 12.8.